The Labute approximate surface area is 91.3 Å². The van der Waals surface area contributed by atoms with Gasteiger partial charge in [-0.05, 0) is 18.9 Å². The zero-order valence-electron chi connectivity index (χ0n) is 9.15. The molecule has 1 aromatic heterocycles. The van der Waals surface area contributed by atoms with Crippen LogP contribution in [0.5, 0.6) is 0 Å². The Hall–Kier alpha value is -1.12. The van der Waals surface area contributed by atoms with Crippen molar-refractivity contribution in [3.8, 4) is 0 Å². The average Bonchev–Trinajstić information content (AvgIpc) is 2.23. The highest BCUT2D eigenvalue weighted by molar-refractivity contribution is 5.32. The Morgan fingerprint density at radius 1 is 1.07 bits per heavy atom. The molecule has 0 spiro atoms. The molecule has 0 amide bonds. The number of aromatic nitrogens is 2. The number of nitrogens with zero attached hydrogens (tertiary/aromatic N) is 2. The van der Waals surface area contributed by atoms with Gasteiger partial charge in [0.1, 0.15) is 12.1 Å². The molecule has 0 bridgehead atoms. The van der Waals surface area contributed by atoms with Gasteiger partial charge < -0.3 is 5.32 Å². The van der Waals surface area contributed by atoms with E-state index in [1.54, 1.807) is 12.5 Å². The summed E-state index contributed by atoms with van der Waals surface area (Å²) in [5.41, 5.74) is 0. The van der Waals surface area contributed by atoms with Gasteiger partial charge in [0.05, 0.1) is 0 Å². The van der Waals surface area contributed by atoms with Gasteiger partial charge in [-0.25, -0.2) is 9.97 Å². The van der Waals surface area contributed by atoms with Gasteiger partial charge in [-0.3, -0.25) is 0 Å². The van der Waals surface area contributed by atoms with Crippen LogP contribution in [0.25, 0.3) is 0 Å². The van der Waals surface area contributed by atoms with Crippen molar-refractivity contribution >= 4 is 5.82 Å². The Bertz CT molecular complexity index is 265. The Kier molecular flexibility index (Phi) is 3.94. The first-order valence-electron chi connectivity index (χ1n) is 5.98. The Balaban J connectivity index is 1.86. The molecule has 2 rings (SSSR count). The third-order valence-electron chi connectivity index (χ3n) is 3.04. The highest BCUT2D eigenvalue weighted by Gasteiger charge is 2.10. The molecule has 3 nitrogen and oxygen atoms in total. The lowest BCUT2D eigenvalue weighted by Crippen LogP contribution is -2.21. The first-order valence-corrected chi connectivity index (χ1v) is 5.98. The molecule has 0 radical (unpaired) electrons. The SMILES string of the molecule is c1cc(NC2CCCCCCC2)ncn1. The van der Waals surface area contributed by atoms with E-state index in [9.17, 15) is 0 Å². The van der Waals surface area contributed by atoms with E-state index in [0.29, 0.717) is 6.04 Å². The lowest BCUT2D eigenvalue weighted by Gasteiger charge is -2.21. The van der Waals surface area contributed by atoms with Crippen molar-refractivity contribution in [2.45, 2.75) is 51.0 Å². The zero-order valence-corrected chi connectivity index (χ0v) is 9.15. The molecule has 0 atom stereocenters. The summed E-state index contributed by atoms with van der Waals surface area (Å²) < 4.78 is 0. The minimum atomic E-state index is 0.611. The van der Waals surface area contributed by atoms with E-state index in [2.05, 4.69) is 15.3 Å². The molecule has 1 N–H and O–H groups in total. The molecule has 1 aliphatic carbocycles. The summed E-state index contributed by atoms with van der Waals surface area (Å²) in [6.07, 6.45) is 12.9. The minimum Gasteiger partial charge on any atom is -0.367 e. The number of nitrogens with one attached hydrogen (secondary N) is 1. The Morgan fingerprint density at radius 2 is 1.80 bits per heavy atom. The van der Waals surface area contributed by atoms with Gasteiger partial charge in [-0.15, -0.1) is 0 Å². The number of rotatable bonds is 2. The molecule has 0 unspecified atom stereocenters. The molecule has 1 heterocycles. The van der Waals surface area contributed by atoms with E-state index in [-0.39, 0.29) is 0 Å². The van der Waals surface area contributed by atoms with Gasteiger partial charge >= 0.3 is 0 Å². The average molecular weight is 205 g/mol. The van der Waals surface area contributed by atoms with Gasteiger partial charge in [0.15, 0.2) is 0 Å². The molecule has 1 aliphatic rings. The van der Waals surface area contributed by atoms with Crippen LogP contribution in [0.1, 0.15) is 44.9 Å². The summed E-state index contributed by atoms with van der Waals surface area (Å²) >= 11 is 0. The number of anilines is 1. The summed E-state index contributed by atoms with van der Waals surface area (Å²) in [6.45, 7) is 0. The highest BCUT2D eigenvalue weighted by Crippen LogP contribution is 2.19. The van der Waals surface area contributed by atoms with E-state index in [0.717, 1.165) is 5.82 Å². The predicted octanol–water partition coefficient (Wildman–Crippen LogP) is 3.00. The largest absolute Gasteiger partial charge is 0.367 e. The van der Waals surface area contributed by atoms with Crippen LogP contribution in [0.3, 0.4) is 0 Å². The molecule has 3 heteroatoms. The van der Waals surface area contributed by atoms with Crippen LogP contribution in [-0.4, -0.2) is 16.0 Å². The quantitative estimate of drug-likeness (QED) is 0.806. The van der Waals surface area contributed by atoms with Crippen molar-refractivity contribution in [2.24, 2.45) is 0 Å². The summed E-state index contributed by atoms with van der Waals surface area (Å²) in [5, 5.41) is 3.50. The fourth-order valence-electron chi connectivity index (χ4n) is 2.19. The second kappa shape index (κ2) is 5.69. The third kappa shape index (κ3) is 3.50. The van der Waals surface area contributed by atoms with Crippen LogP contribution < -0.4 is 5.32 Å². The van der Waals surface area contributed by atoms with E-state index in [4.69, 9.17) is 0 Å². The van der Waals surface area contributed by atoms with Gasteiger partial charge in [-0.2, -0.15) is 0 Å². The fourth-order valence-corrected chi connectivity index (χ4v) is 2.19. The monoisotopic (exact) mass is 205 g/mol. The normalized spacial score (nSPS) is 19.2. The van der Waals surface area contributed by atoms with E-state index in [1.807, 2.05) is 6.07 Å². The lowest BCUT2D eigenvalue weighted by atomic mass is 9.97. The van der Waals surface area contributed by atoms with Crippen LogP contribution in [0.4, 0.5) is 5.82 Å². The topological polar surface area (TPSA) is 37.8 Å². The van der Waals surface area contributed by atoms with Crippen LogP contribution >= 0.6 is 0 Å². The smallest absolute Gasteiger partial charge is 0.129 e. The van der Waals surface area contributed by atoms with Gasteiger partial charge in [0.25, 0.3) is 0 Å². The summed E-state index contributed by atoms with van der Waals surface area (Å²) in [6, 6.07) is 2.55. The molecule has 15 heavy (non-hydrogen) atoms. The van der Waals surface area contributed by atoms with Crippen molar-refractivity contribution in [3.05, 3.63) is 18.6 Å². The van der Waals surface area contributed by atoms with Crippen molar-refractivity contribution in [1.29, 1.82) is 0 Å². The number of hydrogen-bond acceptors (Lipinski definition) is 3. The fraction of sp³-hybridized carbons (Fsp3) is 0.667. The molecule has 1 aromatic rings. The van der Waals surface area contributed by atoms with Crippen molar-refractivity contribution in [2.75, 3.05) is 5.32 Å². The van der Waals surface area contributed by atoms with Crippen molar-refractivity contribution < 1.29 is 0 Å². The second-order valence-electron chi connectivity index (χ2n) is 4.28. The minimum absolute atomic E-state index is 0.611. The van der Waals surface area contributed by atoms with Crippen LogP contribution in [0.15, 0.2) is 18.6 Å². The second-order valence-corrected chi connectivity index (χ2v) is 4.28. The lowest BCUT2D eigenvalue weighted by molar-refractivity contribution is 0.470. The third-order valence-corrected chi connectivity index (χ3v) is 3.04. The molecule has 82 valence electrons. The standard InChI is InChI=1S/C12H19N3/c1-2-4-6-11(7-5-3-1)15-12-8-9-13-10-14-12/h8-11H,1-7H2,(H,13,14,15). The molecular formula is C12H19N3. The van der Waals surface area contributed by atoms with Crippen LogP contribution in [0.2, 0.25) is 0 Å². The van der Waals surface area contributed by atoms with E-state index >= 15 is 0 Å². The molecule has 0 saturated heterocycles. The van der Waals surface area contributed by atoms with Crippen LogP contribution in [-0.2, 0) is 0 Å². The molecule has 1 saturated carbocycles. The van der Waals surface area contributed by atoms with Crippen molar-refractivity contribution in [3.63, 3.8) is 0 Å². The maximum atomic E-state index is 4.20. The Morgan fingerprint density at radius 3 is 2.47 bits per heavy atom. The molecule has 0 aliphatic heterocycles. The summed E-state index contributed by atoms with van der Waals surface area (Å²) in [4.78, 5) is 8.13. The summed E-state index contributed by atoms with van der Waals surface area (Å²) in [7, 11) is 0. The van der Waals surface area contributed by atoms with Gasteiger partial charge in [0, 0.05) is 12.2 Å². The predicted molar refractivity (Wildman–Crippen MR) is 61.8 cm³/mol. The summed E-state index contributed by atoms with van der Waals surface area (Å²) in [5.74, 6) is 0.968. The van der Waals surface area contributed by atoms with Gasteiger partial charge in [0.2, 0.25) is 0 Å². The maximum absolute atomic E-state index is 4.20. The van der Waals surface area contributed by atoms with E-state index in [1.165, 1.54) is 44.9 Å². The number of hydrogen-bond donors (Lipinski definition) is 1. The molecule has 1 fully saturated rings. The molecule has 0 aromatic carbocycles. The highest BCUT2D eigenvalue weighted by atomic mass is 15.0. The zero-order chi connectivity index (χ0) is 10.3. The maximum Gasteiger partial charge on any atom is 0.129 e. The molecular weight excluding hydrogens is 186 g/mol. The van der Waals surface area contributed by atoms with Crippen LogP contribution in [0, 0.1) is 0 Å². The first kappa shape index (κ1) is 10.4. The van der Waals surface area contributed by atoms with Crippen molar-refractivity contribution in [1.82, 2.24) is 9.97 Å². The van der Waals surface area contributed by atoms with Gasteiger partial charge in [-0.1, -0.05) is 32.1 Å². The van der Waals surface area contributed by atoms with E-state index < -0.39 is 0 Å². The first-order chi connectivity index (χ1) is 7.45.